The van der Waals surface area contributed by atoms with Gasteiger partial charge in [-0.2, -0.15) is 0 Å². The molecule has 3 heteroatoms. The molecule has 0 saturated carbocycles. The topological polar surface area (TPSA) is 32.7 Å². The van der Waals surface area contributed by atoms with Crippen molar-refractivity contribution in [1.82, 2.24) is 4.90 Å². The lowest BCUT2D eigenvalue weighted by atomic mass is 9.91. The van der Waals surface area contributed by atoms with Crippen molar-refractivity contribution < 1.29 is 9.84 Å². The number of ether oxygens (including phenoxy) is 1. The van der Waals surface area contributed by atoms with Gasteiger partial charge in [0.2, 0.25) is 0 Å². The van der Waals surface area contributed by atoms with Crippen LogP contribution in [0.25, 0.3) is 0 Å². The van der Waals surface area contributed by atoms with Gasteiger partial charge < -0.3 is 9.84 Å². The van der Waals surface area contributed by atoms with E-state index in [4.69, 9.17) is 4.74 Å². The number of hydrogen-bond donors (Lipinski definition) is 1. The Bertz CT molecular complexity index is 419. The third-order valence-corrected chi connectivity index (χ3v) is 4.26. The van der Waals surface area contributed by atoms with E-state index in [9.17, 15) is 5.11 Å². The Hall–Kier alpha value is -1.22. The maximum Gasteiger partial charge on any atom is 0.162 e. The van der Waals surface area contributed by atoms with E-state index in [1.54, 1.807) is 0 Å². The first-order valence-electron chi connectivity index (χ1n) is 7.31. The van der Waals surface area contributed by atoms with E-state index in [1.165, 1.54) is 12.8 Å². The first kappa shape index (κ1) is 14.2. The molecule has 1 N–H and O–H groups in total. The van der Waals surface area contributed by atoms with E-state index >= 15 is 0 Å². The van der Waals surface area contributed by atoms with Crippen LogP contribution in [0.5, 0.6) is 11.5 Å². The van der Waals surface area contributed by atoms with Gasteiger partial charge in [0.1, 0.15) is 0 Å². The Balaban J connectivity index is 2.12. The number of nitrogens with zero attached hydrogens (tertiary/aromatic N) is 1. The maximum absolute atomic E-state index is 10.3. The lowest BCUT2D eigenvalue weighted by Crippen LogP contribution is -2.41. The van der Waals surface area contributed by atoms with Gasteiger partial charge in [-0.3, -0.25) is 4.90 Å². The highest BCUT2D eigenvalue weighted by molar-refractivity contribution is 5.45. The lowest BCUT2D eigenvalue weighted by molar-refractivity contribution is 0.105. The molecule has 1 aliphatic heterocycles. The Morgan fingerprint density at radius 2 is 2.16 bits per heavy atom. The molecule has 1 aromatic rings. The van der Waals surface area contributed by atoms with Crippen LogP contribution in [-0.2, 0) is 6.54 Å². The molecule has 1 aliphatic rings. The molecule has 1 heterocycles. The fourth-order valence-corrected chi connectivity index (χ4v) is 2.83. The van der Waals surface area contributed by atoms with Crippen LogP contribution < -0.4 is 4.74 Å². The van der Waals surface area contributed by atoms with Crippen LogP contribution in [0.4, 0.5) is 0 Å². The Morgan fingerprint density at radius 1 is 1.37 bits per heavy atom. The van der Waals surface area contributed by atoms with Gasteiger partial charge in [0.15, 0.2) is 11.5 Å². The summed E-state index contributed by atoms with van der Waals surface area (Å²) >= 11 is 0. The van der Waals surface area contributed by atoms with Crippen LogP contribution in [0, 0.1) is 5.92 Å². The number of rotatable bonds is 4. The molecule has 0 radical (unpaired) electrons. The van der Waals surface area contributed by atoms with E-state index < -0.39 is 0 Å². The quantitative estimate of drug-likeness (QED) is 0.903. The number of benzene rings is 1. The Kier molecular flexibility index (Phi) is 4.70. The van der Waals surface area contributed by atoms with Crippen LogP contribution in [0.2, 0.25) is 0 Å². The zero-order valence-electron chi connectivity index (χ0n) is 12.2. The minimum Gasteiger partial charge on any atom is -0.504 e. The molecule has 2 rings (SSSR count). The molecule has 1 saturated heterocycles. The molecule has 0 aliphatic carbocycles. The number of para-hydroxylation sites is 1. The molecule has 0 amide bonds. The number of phenols is 1. The predicted octanol–water partition coefficient (Wildman–Crippen LogP) is 3.41. The first-order valence-corrected chi connectivity index (χ1v) is 7.31. The van der Waals surface area contributed by atoms with Gasteiger partial charge in [-0.15, -0.1) is 0 Å². The lowest BCUT2D eigenvalue weighted by Gasteiger charge is -2.38. The second-order valence-corrected chi connectivity index (χ2v) is 5.53. The van der Waals surface area contributed by atoms with Crippen molar-refractivity contribution >= 4 is 0 Å². The molecule has 1 aromatic carbocycles. The van der Waals surface area contributed by atoms with E-state index in [-0.39, 0.29) is 0 Å². The Morgan fingerprint density at radius 3 is 2.89 bits per heavy atom. The molecule has 0 bridgehead atoms. The van der Waals surface area contributed by atoms with Crippen molar-refractivity contribution in [1.29, 1.82) is 0 Å². The number of phenolic OH excluding ortho intramolecular Hbond substituents is 1. The van der Waals surface area contributed by atoms with Gasteiger partial charge in [-0.1, -0.05) is 19.1 Å². The minimum absolute atomic E-state index is 0.301. The van der Waals surface area contributed by atoms with Crippen molar-refractivity contribution in [2.24, 2.45) is 5.92 Å². The summed E-state index contributed by atoms with van der Waals surface area (Å²) in [7, 11) is 0. The molecule has 1 fully saturated rings. The fraction of sp³-hybridized carbons (Fsp3) is 0.625. The highest BCUT2D eigenvalue weighted by Gasteiger charge is 2.25. The molecular weight excluding hydrogens is 238 g/mol. The highest BCUT2D eigenvalue weighted by Crippen LogP contribution is 2.32. The molecule has 0 aromatic heterocycles. The van der Waals surface area contributed by atoms with Crippen LogP contribution in [-0.4, -0.2) is 29.2 Å². The molecule has 106 valence electrons. The third-order valence-electron chi connectivity index (χ3n) is 4.26. The van der Waals surface area contributed by atoms with Crippen molar-refractivity contribution in [3.8, 4) is 11.5 Å². The number of likely N-dealkylation sites (tertiary alicyclic amines) is 1. The molecule has 2 atom stereocenters. The summed E-state index contributed by atoms with van der Waals surface area (Å²) in [5, 5.41) is 10.3. The van der Waals surface area contributed by atoms with Crippen molar-refractivity contribution in [2.45, 2.75) is 46.2 Å². The van der Waals surface area contributed by atoms with Gasteiger partial charge in [0, 0.05) is 18.2 Å². The van der Waals surface area contributed by atoms with Gasteiger partial charge >= 0.3 is 0 Å². The second kappa shape index (κ2) is 6.29. The van der Waals surface area contributed by atoms with Crippen LogP contribution >= 0.6 is 0 Å². The molecular formula is C16H25NO2. The summed E-state index contributed by atoms with van der Waals surface area (Å²) in [5.74, 6) is 1.62. The fourth-order valence-electron chi connectivity index (χ4n) is 2.83. The summed E-state index contributed by atoms with van der Waals surface area (Å²) in [5.41, 5.74) is 0.965. The minimum atomic E-state index is 0.301. The van der Waals surface area contributed by atoms with Crippen LogP contribution in [0.1, 0.15) is 39.2 Å². The number of piperidine rings is 1. The van der Waals surface area contributed by atoms with Gasteiger partial charge in [-0.25, -0.2) is 0 Å². The maximum atomic E-state index is 10.3. The third kappa shape index (κ3) is 3.21. The average Bonchev–Trinajstić information content (AvgIpc) is 2.40. The summed E-state index contributed by atoms with van der Waals surface area (Å²) in [6.07, 6.45) is 2.56. The standard InChI is InChI=1S/C16H25NO2/c1-4-19-15-9-5-8-14(16(15)18)11-17-10-6-7-12(2)13(17)3/h5,8-9,12-13,18H,4,6-7,10-11H2,1-3H3. The zero-order valence-corrected chi connectivity index (χ0v) is 12.2. The average molecular weight is 263 g/mol. The smallest absolute Gasteiger partial charge is 0.162 e. The highest BCUT2D eigenvalue weighted by atomic mass is 16.5. The summed E-state index contributed by atoms with van der Waals surface area (Å²) < 4.78 is 5.45. The SMILES string of the molecule is CCOc1cccc(CN2CCCC(C)C2C)c1O. The van der Waals surface area contributed by atoms with Gasteiger partial charge in [0.25, 0.3) is 0 Å². The normalized spacial score (nSPS) is 24.4. The zero-order chi connectivity index (χ0) is 13.8. The first-order chi connectivity index (χ1) is 9.13. The largest absolute Gasteiger partial charge is 0.504 e. The van der Waals surface area contributed by atoms with Gasteiger partial charge in [0.05, 0.1) is 6.61 Å². The summed E-state index contributed by atoms with van der Waals surface area (Å²) in [6.45, 7) is 9.03. The summed E-state index contributed by atoms with van der Waals surface area (Å²) in [6, 6.07) is 6.34. The van der Waals surface area contributed by atoms with Crippen molar-refractivity contribution in [3.05, 3.63) is 23.8 Å². The van der Waals surface area contributed by atoms with Gasteiger partial charge in [-0.05, 0) is 45.2 Å². The van der Waals surface area contributed by atoms with E-state index in [0.29, 0.717) is 24.1 Å². The number of hydrogen-bond acceptors (Lipinski definition) is 3. The molecule has 19 heavy (non-hydrogen) atoms. The second-order valence-electron chi connectivity index (χ2n) is 5.53. The molecule has 2 unspecified atom stereocenters. The predicted molar refractivity (Wildman–Crippen MR) is 77.5 cm³/mol. The molecule has 3 nitrogen and oxygen atoms in total. The summed E-state index contributed by atoms with van der Waals surface area (Å²) in [4.78, 5) is 2.46. The van der Waals surface area contributed by atoms with E-state index in [1.807, 2.05) is 25.1 Å². The van der Waals surface area contributed by atoms with Crippen molar-refractivity contribution in [3.63, 3.8) is 0 Å². The van der Waals surface area contributed by atoms with E-state index in [2.05, 4.69) is 18.7 Å². The van der Waals surface area contributed by atoms with E-state index in [0.717, 1.165) is 24.6 Å². The molecule has 0 spiro atoms. The van der Waals surface area contributed by atoms with Crippen LogP contribution in [0.3, 0.4) is 0 Å². The number of aromatic hydroxyl groups is 1. The van der Waals surface area contributed by atoms with Crippen LogP contribution in [0.15, 0.2) is 18.2 Å². The Labute approximate surface area is 116 Å². The van der Waals surface area contributed by atoms with Crippen molar-refractivity contribution in [2.75, 3.05) is 13.2 Å². The monoisotopic (exact) mass is 263 g/mol.